The van der Waals surface area contributed by atoms with Crippen LogP contribution in [0.5, 0.6) is 5.75 Å². The fraction of sp³-hybridized carbons (Fsp3) is 0.500. The summed E-state index contributed by atoms with van der Waals surface area (Å²) in [6.07, 6.45) is 4.64. The van der Waals surface area contributed by atoms with Crippen LogP contribution in [0.25, 0.3) is 10.9 Å². The van der Waals surface area contributed by atoms with Crippen molar-refractivity contribution in [3.8, 4) is 5.75 Å². The molecule has 0 aliphatic carbocycles. The zero-order valence-electron chi connectivity index (χ0n) is 19.5. The standard InChI is InChI=1S/C26H34N2O3S2/c1-19-17-27-22-6-5-20(31-2)16-21(22)25(19)23(30)7-8-26(18-29)9-11-28(12-10-26)13-15-33-24-4-3-14-32-24/h3-6,14,16-17,23,29-30H,7-13,15,18H2,1-2H3/t23-/m1/s1. The van der Waals surface area contributed by atoms with Crippen molar-refractivity contribution in [1.29, 1.82) is 0 Å². The second-order valence-corrected chi connectivity index (χ2v) is 11.4. The largest absolute Gasteiger partial charge is 0.497 e. The molecule has 178 valence electrons. The van der Waals surface area contributed by atoms with Crippen LogP contribution in [0.3, 0.4) is 0 Å². The maximum atomic E-state index is 11.2. The van der Waals surface area contributed by atoms with E-state index in [1.54, 1.807) is 18.4 Å². The van der Waals surface area contributed by atoms with E-state index >= 15 is 0 Å². The van der Waals surface area contributed by atoms with Crippen molar-refractivity contribution >= 4 is 34.0 Å². The zero-order valence-corrected chi connectivity index (χ0v) is 21.1. The molecule has 3 aromatic rings. The summed E-state index contributed by atoms with van der Waals surface area (Å²) in [5, 5.41) is 24.5. The highest BCUT2D eigenvalue weighted by atomic mass is 32.2. The van der Waals surface area contributed by atoms with Crippen LogP contribution < -0.4 is 4.74 Å². The number of aromatic nitrogens is 1. The lowest BCUT2D eigenvalue weighted by Gasteiger charge is -2.41. The molecule has 0 bridgehead atoms. The number of hydrogen-bond acceptors (Lipinski definition) is 7. The number of fused-ring (bicyclic) bond motifs is 1. The Hall–Kier alpha value is -1.64. The molecule has 2 aromatic heterocycles. The van der Waals surface area contributed by atoms with E-state index in [0.29, 0.717) is 6.42 Å². The molecule has 2 N–H and O–H groups in total. The maximum Gasteiger partial charge on any atom is 0.119 e. The minimum Gasteiger partial charge on any atom is -0.497 e. The number of hydrogen-bond donors (Lipinski definition) is 2. The number of thiophene rings is 1. The Morgan fingerprint density at radius 1 is 1.27 bits per heavy atom. The first-order chi connectivity index (χ1) is 16.0. The third-order valence-corrected chi connectivity index (χ3v) is 9.11. The fourth-order valence-electron chi connectivity index (χ4n) is 4.81. The molecule has 1 aromatic carbocycles. The molecular weight excluding hydrogens is 452 g/mol. The van der Waals surface area contributed by atoms with Gasteiger partial charge in [0.05, 0.1) is 22.9 Å². The number of methoxy groups -OCH3 is 1. The smallest absolute Gasteiger partial charge is 0.119 e. The Labute approximate surface area is 204 Å². The molecule has 1 fully saturated rings. The predicted molar refractivity (Wildman–Crippen MR) is 137 cm³/mol. The fourth-order valence-corrected chi connectivity index (χ4v) is 6.67. The van der Waals surface area contributed by atoms with Crippen molar-refractivity contribution in [3.63, 3.8) is 0 Å². The van der Waals surface area contributed by atoms with Crippen LogP contribution in [0.4, 0.5) is 0 Å². The quantitative estimate of drug-likeness (QED) is 0.380. The molecule has 4 rings (SSSR count). The van der Waals surface area contributed by atoms with Crippen LogP contribution in [0.15, 0.2) is 46.1 Å². The van der Waals surface area contributed by atoms with Crippen molar-refractivity contribution in [3.05, 3.63) is 53.0 Å². The van der Waals surface area contributed by atoms with Gasteiger partial charge in [0.15, 0.2) is 0 Å². The van der Waals surface area contributed by atoms with Gasteiger partial charge < -0.3 is 19.8 Å². The molecule has 1 saturated heterocycles. The van der Waals surface area contributed by atoms with E-state index in [1.165, 1.54) is 4.21 Å². The van der Waals surface area contributed by atoms with E-state index < -0.39 is 6.10 Å². The number of benzene rings is 1. The molecular formula is C26H34N2O3S2. The Morgan fingerprint density at radius 3 is 2.79 bits per heavy atom. The van der Waals surface area contributed by atoms with Crippen molar-refractivity contribution in [2.75, 3.05) is 39.1 Å². The molecule has 3 heterocycles. The summed E-state index contributed by atoms with van der Waals surface area (Å²) >= 11 is 3.72. The first-order valence-corrected chi connectivity index (χ1v) is 13.5. The lowest BCUT2D eigenvalue weighted by Crippen LogP contribution is -2.43. The molecule has 1 aliphatic rings. The average molecular weight is 487 g/mol. The van der Waals surface area contributed by atoms with Crippen LogP contribution in [-0.2, 0) is 0 Å². The van der Waals surface area contributed by atoms with Gasteiger partial charge in [0.25, 0.3) is 0 Å². The van der Waals surface area contributed by atoms with Crippen LogP contribution in [0, 0.1) is 12.3 Å². The Morgan fingerprint density at radius 2 is 2.09 bits per heavy atom. The third-order valence-electron chi connectivity index (χ3n) is 7.00. The Kier molecular flexibility index (Phi) is 8.30. The summed E-state index contributed by atoms with van der Waals surface area (Å²) in [5.74, 6) is 1.86. The summed E-state index contributed by atoms with van der Waals surface area (Å²) in [7, 11) is 1.65. The number of aliphatic hydroxyl groups excluding tert-OH is 2. The van der Waals surface area contributed by atoms with Crippen molar-refractivity contribution in [2.45, 2.75) is 42.9 Å². The van der Waals surface area contributed by atoms with Gasteiger partial charge in [-0.15, -0.1) is 23.1 Å². The lowest BCUT2D eigenvalue weighted by molar-refractivity contribution is 0.0254. The second kappa shape index (κ2) is 11.2. The highest BCUT2D eigenvalue weighted by molar-refractivity contribution is 8.01. The molecule has 33 heavy (non-hydrogen) atoms. The molecule has 0 amide bonds. The topological polar surface area (TPSA) is 65.8 Å². The zero-order chi connectivity index (χ0) is 23.3. The highest BCUT2D eigenvalue weighted by Gasteiger charge is 2.34. The van der Waals surface area contributed by atoms with E-state index in [-0.39, 0.29) is 12.0 Å². The summed E-state index contributed by atoms with van der Waals surface area (Å²) in [6.45, 7) is 5.28. The molecule has 1 atom stereocenters. The molecule has 5 nitrogen and oxygen atoms in total. The van der Waals surface area contributed by atoms with Gasteiger partial charge in [-0.2, -0.15) is 0 Å². The number of ether oxygens (including phenoxy) is 1. The normalized spacial score (nSPS) is 17.3. The number of aryl methyl sites for hydroxylation is 1. The average Bonchev–Trinajstić information content (AvgIpc) is 3.36. The van der Waals surface area contributed by atoms with E-state index in [1.807, 2.05) is 43.1 Å². The Balaban J connectivity index is 1.35. The van der Waals surface area contributed by atoms with Crippen LogP contribution in [-0.4, -0.2) is 59.2 Å². The number of pyridine rings is 1. The lowest BCUT2D eigenvalue weighted by atomic mass is 9.74. The molecule has 0 saturated carbocycles. The second-order valence-electron chi connectivity index (χ2n) is 9.07. The van der Waals surface area contributed by atoms with Gasteiger partial charge in [-0.05, 0) is 91.9 Å². The van der Waals surface area contributed by atoms with E-state index in [0.717, 1.165) is 72.4 Å². The minimum absolute atomic E-state index is 0.104. The molecule has 0 spiro atoms. The molecule has 0 unspecified atom stereocenters. The summed E-state index contributed by atoms with van der Waals surface area (Å²) < 4.78 is 6.77. The first-order valence-electron chi connectivity index (χ1n) is 11.6. The van der Waals surface area contributed by atoms with Gasteiger partial charge in [0, 0.05) is 30.5 Å². The Bertz CT molecular complexity index is 1030. The first kappa shape index (κ1) is 24.5. The molecule has 7 heteroatoms. The number of likely N-dealkylation sites (tertiary alicyclic amines) is 1. The van der Waals surface area contributed by atoms with Gasteiger partial charge >= 0.3 is 0 Å². The minimum atomic E-state index is -0.591. The third kappa shape index (κ3) is 5.89. The maximum absolute atomic E-state index is 11.2. The summed E-state index contributed by atoms with van der Waals surface area (Å²) in [4.78, 5) is 7.03. The van der Waals surface area contributed by atoms with Gasteiger partial charge in [-0.1, -0.05) is 6.07 Å². The van der Waals surface area contributed by atoms with Crippen LogP contribution >= 0.6 is 23.1 Å². The number of aliphatic hydroxyl groups is 2. The summed E-state index contributed by atoms with van der Waals surface area (Å²) in [5.41, 5.74) is 2.67. The highest BCUT2D eigenvalue weighted by Crippen LogP contribution is 2.39. The number of thioether (sulfide) groups is 1. The van der Waals surface area contributed by atoms with E-state index in [2.05, 4.69) is 27.4 Å². The van der Waals surface area contributed by atoms with Crippen molar-refractivity contribution in [2.24, 2.45) is 5.41 Å². The molecule has 1 aliphatic heterocycles. The number of piperidine rings is 1. The van der Waals surface area contributed by atoms with E-state index in [9.17, 15) is 10.2 Å². The van der Waals surface area contributed by atoms with Gasteiger partial charge in [0.2, 0.25) is 0 Å². The van der Waals surface area contributed by atoms with Gasteiger partial charge in [-0.3, -0.25) is 4.98 Å². The van der Waals surface area contributed by atoms with Crippen LogP contribution in [0.2, 0.25) is 0 Å². The summed E-state index contributed by atoms with van der Waals surface area (Å²) in [6, 6.07) is 10.1. The number of rotatable bonds is 10. The number of nitrogens with zero attached hydrogens (tertiary/aromatic N) is 2. The van der Waals surface area contributed by atoms with Crippen LogP contribution in [0.1, 0.15) is 42.9 Å². The predicted octanol–water partition coefficient (Wildman–Crippen LogP) is 5.29. The van der Waals surface area contributed by atoms with E-state index in [4.69, 9.17) is 4.74 Å². The van der Waals surface area contributed by atoms with Gasteiger partial charge in [0.1, 0.15) is 5.75 Å². The van der Waals surface area contributed by atoms with Crippen molar-refractivity contribution < 1.29 is 14.9 Å². The van der Waals surface area contributed by atoms with Crippen molar-refractivity contribution in [1.82, 2.24) is 9.88 Å². The monoisotopic (exact) mass is 486 g/mol. The molecule has 0 radical (unpaired) electrons. The van der Waals surface area contributed by atoms with Gasteiger partial charge in [-0.25, -0.2) is 0 Å². The SMILES string of the molecule is COc1ccc2ncc(C)c([C@H](O)CCC3(CO)CCN(CCSc4cccs4)CC3)c2c1.